The lowest BCUT2D eigenvalue weighted by molar-refractivity contribution is -0.114. The summed E-state index contributed by atoms with van der Waals surface area (Å²) in [6.07, 6.45) is 0. The van der Waals surface area contributed by atoms with Gasteiger partial charge >= 0.3 is 0 Å². The number of benzene rings is 1. The third-order valence-electron chi connectivity index (χ3n) is 1.40. The molecule has 0 aromatic heterocycles. The second-order valence-electron chi connectivity index (χ2n) is 2.46. The predicted molar refractivity (Wildman–Crippen MR) is 47.3 cm³/mol. The van der Waals surface area contributed by atoms with Crippen molar-refractivity contribution in [3.05, 3.63) is 24.3 Å². The average Bonchev–Trinajstić information content (AvgIpc) is 2.08. The van der Waals surface area contributed by atoms with Gasteiger partial charge in [-0.1, -0.05) is 0 Å². The van der Waals surface area contributed by atoms with Crippen molar-refractivity contribution in [1.82, 2.24) is 0 Å². The number of hydrogen-bond donors (Lipinski definition) is 1. The number of rotatable bonds is 3. The minimum atomic E-state index is -0.848. The van der Waals surface area contributed by atoms with E-state index in [1.54, 1.807) is 24.3 Å². The van der Waals surface area contributed by atoms with E-state index in [-0.39, 0.29) is 5.91 Å². The molecule has 0 saturated heterocycles. The Labute approximate surface area is 75.5 Å². The largest absolute Gasteiger partial charge is 0.463 e. The van der Waals surface area contributed by atoms with Crippen LogP contribution in [0, 0.1) is 0 Å². The second kappa shape index (κ2) is 4.45. The van der Waals surface area contributed by atoms with Crippen molar-refractivity contribution in [2.75, 3.05) is 12.2 Å². The number of amides is 1. The number of anilines is 1. The quantitative estimate of drug-likeness (QED) is 0.777. The zero-order chi connectivity index (χ0) is 9.68. The maximum absolute atomic E-state index is 11.7. The lowest BCUT2D eigenvalue weighted by atomic mass is 10.3. The molecule has 1 aromatic carbocycles. The summed E-state index contributed by atoms with van der Waals surface area (Å²) in [5, 5.41) is 2.59. The van der Waals surface area contributed by atoms with Crippen LogP contribution in [0.1, 0.15) is 6.92 Å². The van der Waals surface area contributed by atoms with Gasteiger partial charge in [-0.15, -0.1) is 0 Å². The normalized spacial score (nSPS) is 9.38. The van der Waals surface area contributed by atoms with Crippen molar-refractivity contribution in [3.63, 3.8) is 0 Å². The lowest BCUT2D eigenvalue weighted by Crippen LogP contribution is -2.05. The molecule has 70 valence electrons. The maximum Gasteiger partial charge on any atom is 0.228 e. The van der Waals surface area contributed by atoms with E-state index in [9.17, 15) is 9.18 Å². The highest BCUT2D eigenvalue weighted by Gasteiger charge is 1.95. The Morgan fingerprint density at radius 1 is 1.46 bits per heavy atom. The van der Waals surface area contributed by atoms with Gasteiger partial charge in [0.1, 0.15) is 5.75 Å². The van der Waals surface area contributed by atoms with Crippen LogP contribution in [0.5, 0.6) is 5.75 Å². The molecule has 0 unspecified atom stereocenters. The number of alkyl halides is 1. The smallest absolute Gasteiger partial charge is 0.228 e. The van der Waals surface area contributed by atoms with Gasteiger partial charge in [0.05, 0.1) is 0 Å². The first-order chi connectivity index (χ1) is 6.22. The SMILES string of the molecule is CC(=O)Nc1ccc(OCF)cc1. The Hall–Kier alpha value is -1.58. The fourth-order valence-electron chi connectivity index (χ4n) is 0.901. The van der Waals surface area contributed by atoms with Crippen molar-refractivity contribution in [3.8, 4) is 5.75 Å². The molecule has 0 radical (unpaired) electrons. The summed E-state index contributed by atoms with van der Waals surface area (Å²) in [7, 11) is 0. The highest BCUT2D eigenvalue weighted by molar-refractivity contribution is 5.88. The van der Waals surface area contributed by atoms with E-state index in [0.29, 0.717) is 11.4 Å². The molecule has 0 heterocycles. The van der Waals surface area contributed by atoms with E-state index in [0.717, 1.165) is 0 Å². The number of carbonyl (C=O) groups excluding carboxylic acids is 1. The van der Waals surface area contributed by atoms with E-state index in [4.69, 9.17) is 0 Å². The Morgan fingerprint density at radius 2 is 2.08 bits per heavy atom. The Kier molecular flexibility index (Phi) is 3.25. The van der Waals surface area contributed by atoms with Gasteiger partial charge < -0.3 is 10.1 Å². The van der Waals surface area contributed by atoms with Gasteiger partial charge in [-0.3, -0.25) is 4.79 Å². The molecule has 0 atom stereocenters. The second-order valence-corrected chi connectivity index (χ2v) is 2.46. The predicted octanol–water partition coefficient (Wildman–Crippen LogP) is 1.95. The lowest BCUT2D eigenvalue weighted by Gasteiger charge is -2.03. The molecule has 4 heteroatoms. The van der Waals surface area contributed by atoms with Crippen LogP contribution in [0.15, 0.2) is 24.3 Å². The highest BCUT2D eigenvalue weighted by Crippen LogP contribution is 2.15. The molecule has 0 aliphatic heterocycles. The number of ether oxygens (including phenoxy) is 1. The number of nitrogens with one attached hydrogen (secondary N) is 1. The van der Waals surface area contributed by atoms with Gasteiger partial charge in [0.15, 0.2) is 0 Å². The summed E-state index contributed by atoms with van der Waals surface area (Å²) in [4.78, 5) is 10.6. The van der Waals surface area contributed by atoms with Crippen LogP contribution in [-0.2, 0) is 4.79 Å². The number of hydrogen-bond acceptors (Lipinski definition) is 2. The number of halogens is 1. The van der Waals surface area contributed by atoms with E-state index in [1.807, 2.05) is 0 Å². The van der Waals surface area contributed by atoms with Crippen molar-refractivity contribution < 1.29 is 13.9 Å². The van der Waals surface area contributed by atoms with Crippen LogP contribution in [0.4, 0.5) is 10.1 Å². The topological polar surface area (TPSA) is 38.3 Å². The molecule has 1 N–H and O–H groups in total. The van der Waals surface area contributed by atoms with E-state index in [1.165, 1.54) is 6.92 Å². The molecule has 0 fully saturated rings. The third kappa shape index (κ3) is 3.11. The molecule has 1 amide bonds. The fourth-order valence-corrected chi connectivity index (χ4v) is 0.901. The summed E-state index contributed by atoms with van der Waals surface area (Å²) in [6, 6.07) is 6.47. The van der Waals surface area contributed by atoms with E-state index in [2.05, 4.69) is 10.1 Å². The molecule has 1 aromatic rings. The van der Waals surface area contributed by atoms with Crippen LogP contribution in [0.3, 0.4) is 0 Å². The zero-order valence-corrected chi connectivity index (χ0v) is 7.21. The van der Waals surface area contributed by atoms with Crippen molar-refractivity contribution >= 4 is 11.6 Å². The zero-order valence-electron chi connectivity index (χ0n) is 7.21. The summed E-state index contributed by atoms with van der Waals surface area (Å²) in [6.45, 7) is 0.575. The van der Waals surface area contributed by atoms with Gasteiger partial charge in [0, 0.05) is 12.6 Å². The Morgan fingerprint density at radius 3 is 2.54 bits per heavy atom. The minimum absolute atomic E-state index is 0.140. The summed E-state index contributed by atoms with van der Waals surface area (Å²) in [5.74, 6) is 0.302. The molecule has 13 heavy (non-hydrogen) atoms. The van der Waals surface area contributed by atoms with Crippen molar-refractivity contribution in [2.24, 2.45) is 0 Å². The molecular weight excluding hydrogens is 173 g/mol. The van der Waals surface area contributed by atoms with Crippen LogP contribution >= 0.6 is 0 Å². The van der Waals surface area contributed by atoms with Gasteiger partial charge in [-0.25, -0.2) is 4.39 Å². The van der Waals surface area contributed by atoms with Crippen molar-refractivity contribution in [1.29, 1.82) is 0 Å². The average molecular weight is 183 g/mol. The Balaban J connectivity index is 2.64. The first-order valence-electron chi connectivity index (χ1n) is 3.79. The molecular formula is C9H10FNO2. The van der Waals surface area contributed by atoms with Gasteiger partial charge in [-0.2, -0.15) is 0 Å². The molecule has 3 nitrogen and oxygen atoms in total. The van der Waals surface area contributed by atoms with Gasteiger partial charge in [0.2, 0.25) is 12.8 Å². The first-order valence-corrected chi connectivity index (χ1v) is 3.79. The maximum atomic E-state index is 11.7. The van der Waals surface area contributed by atoms with Gasteiger partial charge in [-0.05, 0) is 24.3 Å². The Bertz CT molecular complexity index is 284. The van der Waals surface area contributed by atoms with Crippen LogP contribution in [0.25, 0.3) is 0 Å². The molecule has 0 bridgehead atoms. The first kappa shape index (κ1) is 9.51. The summed E-state index contributed by atoms with van der Waals surface area (Å²) in [5.41, 5.74) is 0.665. The summed E-state index contributed by atoms with van der Waals surface area (Å²) >= 11 is 0. The van der Waals surface area contributed by atoms with E-state index < -0.39 is 6.86 Å². The minimum Gasteiger partial charge on any atom is -0.463 e. The van der Waals surface area contributed by atoms with Gasteiger partial charge in [0.25, 0.3) is 0 Å². The van der Waals surface area contributed by atoms with Crippen LogP contribution in [0.2, 0.25) is 0 Å². The molecule has 0 saturated carbocycles. The highest BCUT2D eigenvalue weighted by atomic mass is 19.1. The monoisotopic (exact) mass is 183 g/mol. The fraction of sp³-hybridized carbons (Fsp3) is 0.222. The van der Waals surface area contributed by atoms with E-state index >= 15 is 0 Å². The van der Waals surface area contributed by atoms with Crippen LogP contribution in [-0.4, -0.2) is 12.8 Å². The van der Waals surface area contributed by atoms with Crippen LogP contribution < -0.4 is 10.1 Å². The molecule has 1 rings (SSSR count). The molecule has 0 spiro atoms. The van der Waals surface area contributed by atoms with Crippen molar-refractivity contribution in [2.45, 2.75) is 6.92 Å². The number of carbonyl (C=O) groups is 1. The third-order valence-corrected chi connectivity index (χ3v) is 1.40. The molecule has 0 aliphatic carbocycles. The molecule has 0 aliphatic rings. The standard InChI is InChI=1S/C9H10FNO2/c1-7(12)11-8-2-4-9(5-3-8)13-6-10/h2-5H,6H2,1H3,(H,11,12). The summed E-state index contributed by atoms with van der Waals surface area (Å²) < 4.78 is 16.3.